The molecule has 0 spiro atoms. The van der Waals surface area contributed by atoms with E-state index in [9.17, 15) is 9.59 Å². The van der Waals surface area contributed by atoms with Gasteiger partial charge >= 0.3 is 0 Å². The van der Waals surface area contributed by atoms with Crippen LogP contribution in [-0.2, 0) is 11.3 Å². The molecule has 0 aliphatic carbocycles. The topological polar surface area (TPSA) is 81.3 Å². The van der Waals surface area contributed by atoms with Crippen molar-refractivity contribution in [3.63, 3.8) is 0 Å². The highest BCUT2D eigenvalue weighted by Gasteiger charge is 2.17. The summed E-state index contributed by atoms with van der Waals surface area (Å²) in [6.07, 6.45) is 0. The largest absolute Gasteiger partial charge is 0.324 e. The normalized spacial score (nSPS) is 11.2. The van der Waals surface area contributed by atoms with Crippen molar-refractivity contribution in [2.45, 2.75) is 27.3 Å². The monoisotopic (exact) mass is 361 g/mol. The van der Waals surface area contributed by atoms with Crippen molar-refractivity contribution in [3.8, 4) is 0 Å². The van der Waals surface area contributed by atoms with E-state index in [-0.39, 0.29) is 23.7 Å². The number of amides is 1. The van der Waals surface area contributed by atoms with Gasteiger partial charge in [0.05, 0.1) is 11.0 Å². The summed E-state index contributed by atoms with van der Waals surface area (Å²) in [5.74, 6) is 0.366. The summed E-state index contributed by atoms with van der Waals surface area (Å²) >= 11 is 0. The maximum absolute atomic E-state index is 12.9. The quantitative estimate of drug-likeness (QED) is 0.608. The Hall–Kier alpha value is -3.48. The number of nitrogens with one attached hydrogen (secondary N) is 1. The van der Waals surface area contributed by atoms with Crippen LogP contribution in [0.1, 0.15) is 17.0 Å². The number of hydrogen-bond acceptors (Lipinski definition) is 4. The number of hydrogen-bond donors (Lipinski definition) is 1. The third-order valence-electron chi connectivity index (χ3n) is 4.72. The van der Waals surface area contributed by atoms with Gasteiger partial charge in [0, 0.05) is 5.69 Å². The van der Waals surface area contributed by atoms with Crippen LogP contribution >= 0.6 is 0 Å². The molecule has 0 aliphatic rings. The summed E-state index contributed by atoms with van der Waals surface area (Å²) in [7, 11) is 0. The minimum absolute atomic E-state index is 0.102. The molecule has 1 N–H and O–H groups in total. The lowest BCUT2D eigenvalue weighted by Crippen LogP contribution is -2.30. The zero-order valence-corrected chi connectivity index (χ0v) is 15.4. The van der Waals surface area contributed by atoms with E-state index in [0.29, 0.717) is 11.3 Å². The van der Waals surface area contributed by atoms with Crippen molar-refractivity contribution in [1.82, 2.24) is 19.2 Å². The molecule has 7 nitrogen and oxygen atoms in total. The van der Waals surface area contributed by atoms with Gasteiger partial charge in [-0.15, -0.1) is 10.2 Å². The molecule has 4 rings (SSSR count). The molecule has 136 valence electrons. The molecule has 0 bridgehead atoms. The second-order valence-electron chi connectivity index (χ2n) is 6.60. The molecule has 1 amide bonds. The number of aryl methyl sites for hydroxylation is 3. The van der Waals surface area contributed by atoms with Crippen LogP contribution in [0.2, 0.25) is 0 Å². The summed E-state index contributed by atoms with van der Waals surface area (Å²) in [6.45, 7) is 5.57. The van der Waals surface area contributed by atoms with Crippen LogP contribution < -0.4 is 10.9 Å². The van der Waals surface area contributed by atoms with Gasteiger partial charge in [-0.3, -0.25) is 18.6 Å². The Bertz CT molecular complexity index is 1230. The first-order valence-electron chi connectivity index (χ1n) is 8.66. The molecule has 0 aliphatic heterocycles. The van der Waals surface area contributed by atoms with E-state index in [1.165, 1.54) is 4.57 Å². The van der Waals surface area contributed by atoms with E-state index in [2.05, 4.69) is 15.5 Å². The second-order valence-corrected chi connectivity index (χ2v) is 6.60. The third-order valence-corrected chi connectivity index (χ3v) is 4.72. The molecule has 0 saturated heterocycles. The van der Waals surface area contributed by atoms with E-state index < -0.39 is 0 Å². The molecule has 0 fully saturated rings. The Morgan fingerprint density at radius 1 is 0.963 bits per heavy atom. The van der Waals surface area contributed by atoms with Crippen LogP contribution in [0.3, 0.4) is 0 Å². The summed E-state index contributed by atoms with van der Waals surface area (Å²) in [6, 6.07) is 13.3. The number of fused-ring (bicyclic) bond motifs is 3. The Balaban J connectivity index is 1.81. The average molecular weight is 361 g/mol. The van der Waals surface area contributed by atoms with Crippen LogP contribution in [-0.4, -0.2) is 25.1 Å². The minimum Gasteiger partial charge on any atom is -0.324 e. The second kappa shape index (κ2) is 6.35. The van der Waals surface area contributed by atoms with Gasteiger partial charge in [0.1, 0.15) is 12.4 Å². The smallest absolute Gasteiger partial charge is 0.297 e. The van der Waals surface area contributed by atoms with Gasteiger partial charge in [-0.05, 0) is 44.0 Å². The summed E-state index contributed by atoms with van der Waals surface area (Å²) < 4.78 is 3.17. The van der Waals surface area contributed by atoms with Gasteiger partial charge < -0.3 is 5.32 Å². The van der Waals surface area contributed by atoms with Gasteiger partial charge in [-0.25, -0.2) is 0 Å². The maximum Gasteiger partial charge on any atom is 0.297 e. The summed E-state index contributed by atoms with van der Waals surface area (Å²) in [5, 5.41) is 10.9. The fourth-order valence-electron chi connectivity index (χ4n) is 3.39. The lowest BCUT2D eigenvalue weighted by atomic mass is 10.1. The number of anilines is 1. The van der Waals surface area contributed by atoms with Crippen molar-refractivity contribution in [2.75, 3.05) is 5.32 Å². The Kier molecular flexibility index (Phi) is 3.99. The molecule has 0 saturated carbocycles. The van der Waals surface area contributed by atoms with Crippen molar-refractivity contribution in [3.05, 3.63) is 69.8 Å². The highest BCUT2D eigenvalue weighted by molar-refractivity contribution is 5.93. The van der Waals surface area contributed by atoms with Crippen LogP contribution in [0.5, 0.6) is 0 Å². The van der Waals surface area contributed by atoms with Crippen molar-refractivity contribution in [1.29, 1.82) is 0 Å². The van der Waals surface area contributed by atoms with Gasteiger partial charge in [0.25, 0.3) is 5.56 Å². The van der Waals surface area contributed by atoms with Crippen LogP contribution in [0.4, 0.5) is 5.69 Å². The van der Waals surface area contributed by atoms with Gasteiger partial charge in [-0.2, -0.15) is 0 Å². The minimum atomic E-state index is -0.342. The Labute approximate surface area is 155 Å². The summed E-state index contributed by atoms with van der Waals surface area (Å²) in [5.41, 5.74) is 4.05. The fraction of sp³-hybridized carbons (Fsp3) is 0.200. The highest BCUT2D eigenvalue weighted by atomic mass is 16.2. The molecule has 2 aromatic carbocycles. The van der Waals surface area contributed by atoms with Crippen LogP contribution in [0.25, 0.3) is 16.7 Å². The van der Waals surface area contributed by atoms with E-state index in [1.807, 2.05) is 56.3 Å². The number of nitrogens with zero attached hydrogens (tertiary/aromatic N) is 4. The highest BCUT2D eigenvalue weighted by Crippen LogP contribution is 2.20. The number of rotatable bonds is 3. The first kappa shape index (κ1) is 17.0. The SMILES string of the molecule is Cc1cccc(C)c1NC(=O)Cn1c(=O)c2nnc(C)n2c2ccccc21. The zero-order chi connectivity index (χ0) is 19.1. The number of carbonyl (C=O) groups excluding carboxylic acids is 1. The molecule has 0 atom stereocenters. The Morgan fingerprint density at radius 2 is 1.63 bits per heavy atom. The van der Waals surface area contributed by atoms with Crippen molar-refractivity contribution < 1.29 is 4.79 Å². The lowest BCUT2D eigenvalue weighted by Gasteiger charge is -2.14. The predicted octanol–water partition coefficient (Wildman–Crippen LogP) is 2.61. The lowest BCUT2D eigenvalue weighted by molar-refractivity contribution is -0.116. The van der Waals surface area contributed by atoms with Crippen LogP contribution in [0.15, 0.2) is 47.3 Å². The van der Waals surface area contributed by atoms with Crippen LogP contribution in [0, 0.1) is 20.8 Å². The first-order valence-corrected chi connectivity index (χ1v) is 8.66. The van der Waals surface area contributed by atoms with E-state index in [1.54, 1.807) is 11.3 Å². The van der Waals surface area contributed by atoms with E-state index in [4.69, 9.17) is 0 Å². The molecule has 0 radical (unpaired) electrons. The zero-order valence-electron chi connectivity index (χ0n) is 15.4. The number of carbonyl (C=O) groups is 1. The summed E-state index contributed by atoms with van der Waals surface area (Å²) in [4.78, 5) is 25.6. The molecule has 7 heteroatoms. The number of benzene rings is 2. The first-order chi connectivity index (χ1) is 13.0. The van der Waals surface area contributed by atoms with Gasteiger partial charge in [0.2, 0.25) is 11.6 Å². The van der Waals surface area contributed by atoms with E-state index in [0.717, 1.165) is 22.3 Å². The molecular weight excluding hydrogens is 342 g/mol. The Morgan fingerprint density at radius 3 is 2.33 bits per heavy atom. The van der Waals surface area contributed by atoms with E-state index >= 15 is 0 Å². The average Bonchev–Trinajstić information content (AvgIpc) is 3.04. The molecular formula is C20H19N5O2. The predicted molar refractivity (Wildman–Crippen MR) is 104 cm³/mol. The standard InChI is InChI=1S/C20H19N5O2/c1-12-7-6-8-13(2)18(12)21-17(26)11-24-15-9-4-5-10-16(15)25-14(3)22-23-19(25)20(24)27/h4-10H,11H2,1-3H3,(H,21,26). The molecule has 4 aromatic rings. The third kappa shape index (κ3) is 2.77. The number of aromatic nitrogens is 4. The molecule has 2 aromatic heterocycles. The van der Waals surface area contributed by atoms with Crippen molar-refractivity contribution >= 4 is 28.3 Å². The van der Waals surface area contributed by atoms with Gasteiger partial charge in [0.15, 0.2) is 0 Å². The fourth-order valence-corrected chi connectivity index (χ4v) is 3.39. The molecule has 27 heavy (non-hydrogen) atoms. The number of para-hydroxylation sites is 3. The maximum atomic E-state index is 12.9. The van der Waals surface area contributed by atoms with Gasteiger partial charge in [-0.1, -0.05) is 30.3 Å². The molecule has 2 heterocycles. The van der Waals surface area contributed by atoms with Crippen molar-refractivity contribution in [2.24, 2.45) is 0 Å². The molecule has 0 unspecified atom stereocenters.